The number of hydrogen-bond donors (Lipinski definition) is 2. The number of thiophene rings is 1. The van der Waals surface area contributed by atoms with E-state index in [2.05, 4.69) is 5.32 Å². The highest BCUT2D eigenvalue weighted by atomic mass is 32.1. The fourth-order valence-electron chi connectivity index (χ4n) is 4.11. The number of hydrogen-bond acceptors (Lipinski definition) is 5. The summed E-state index contributed by atoms with van der Waals surface area (Å²) < 4.78 is 13.3. The normalized spacial score (nSPS) is 20.2. The standard InChI is InChI=1S/C23H27FN4O3S/c24-17-7-5-16(6-8-17)23(31)28-13-18(12-20(28)21(29)26-10-9-25)27(22(30)15-3-4-15)14-19-2-1-11-32-19/h1-2,5-8,11,15,18,20H,3-4,9-10,12-14,25H2,(H,26,29). The number of carbonyl (C=O) groups excluding carboxylic acids is 3. The molecule has 3 N–H and O–H groups in total. The second kappa shape index (κ2) is 9.79. The molecule has 2 unspecified atom stereocenters. The van der Waals surface area contributed by atoms with Crippen molar-refractivity contribution in [1.29, 1.82) is 0 Å². The monoisotopic (exact) mass is 458 g/mol. The summed E-state index contributed by atoms with van der Waals surface area (Å²) in [4.78, 5) is 43.7. The molecule has 0 radical (unpaired) electrons. The van der Waals surface area contributed by atoms with Gasteiger partial charge in [-0.2, -0.15) is 0 Å². The van der Waals surface area contributed by atoms with Gasteiger partial charge in [-0.1, -0.05) is 6.07 Å². The van der Waals surface area contributed by atoms with Crippen LogP contribution in [0.4, 0.5) is 4.39 Å². The average Bonchev–Trinajstić information content (AvgIpc) is 3.34. The molecule has 1 aliphatic heterocycles. The molecule has 0 bridgehead atoms. The van der Waals surface area contributed by atoms with Crippen molar-refractivity contribution in [3.05, 3.63) is 58.0 Å². The van der Waals surface area contributed by atoms with Crippen LogP contribution in [0, 0.1) is 11.7 Å². The number of amides is 3. The maximum absolute atomic E-state index is 13.3. The van der Waals surface area contributed by atoms with Gasteiger partial charge in [-0.05, 0) is 55.0 Å². The molecule has 2 heterocycles. The van der Waals surface area contributed by atoms with E-state index in [1.165, 1.54) is 29.2 Å². The molecule has 2 aliphatic rings. The Labute approximate surface area is 190 Å². The van der Waals surface area contributed by atoms with Crippen LogP contribution >= 0.6 is 11.3 Å². The van der Waals surface area contributed by atoms with Crippen molar-refractivity contribution in [2.24, 2.45) is 11.7 Å². The molecule has 32 heavy (non-hydrogen) atoms. The van der Waals surface area contributed by atoms with Crippen molar-refractivity contribution in [3.8, 4) is 0 Å². The van der Waals surface area contributed by atoms with E-state index in [0.717, 1.165) is 17.7 Å². The minimum Gasteiger partial charge on any atom is -0.353 e. The second-order valence-electron chi connectivity index (χ2n) is 8.27. The van der Waals surface area contributed by atoms with E-state index in [9.17, 15) is 18.8 Å². The minimum atomic E-state index is -0.720. The van der Waals surface area contributed by atoms with E-state index in [4.69, 9.17) is 5.73 Å². The Balaban J connectivity index is 1.59. The van der Waals surface area contributed by atoms with Gasteiger partial charge < -0.3 is 20.9 Å². The molecule has 1 aromatic heterocycles. The highest BCUT2D eigenvalue weighted by Gasteiger charge is 2.45. The van der Waals surface area contributed by atoms with Gasteiger partial charge in [0.25, 0.3) is 5.91 Å². The Morgan fingerprint density at radius 3 is 2.56 bits per heavy atom. The summed E-state index contributed by atoms with van der Waals surface area (Å²) >= 11 is 1.58. The van der Waals surface area contributed by atoms with Gasteiger partial charge in [0, 0.05) is 36.0 Å². The van der Waals surface area contributed by atoms with Crippen molar-refractivity contribution >= 4 is 29.1 Å². The summed E-state index contributed by atoms with van der Waals surface area (Å²) in [5.41, 5.74) is 5.83. The van der Waals surface area contributed by atoms with Gasteiger partial charge in [0.1, 0.15) is 11.9 Å². The molecule has 0 spiro atoms. The van der Waals surface area contributed by atoms with Gasteiger partial charge in [0.2, 0.25) is 11.8 Å². The van der Waals surface area contributed by atoms with E-state index >= 15 is 0 Å². The van der Waals surface area contributed by atoms with Gasteiger partial charge in [0.05, 0.1) is 12.6 Å². The molecule has 1 aromatic carbocycles. The summed E-state index contributed by atoms with van der Waals surface area (Å²) in [5.74, 6) is -0.962. The molecule has 3 amide bonds. The van der Waals surface area contributed by atoms with Crippen LogP contribution in [0.15, 0.2) is 41.8 Å². The van der Waals surface area contributed by atoms with Crippen LogP contribution in [0.25, 0.3) is 0 Å². The van der Waals surface area contributed by atoms with E-state index in [1.807, 2.05) is 22.4 Å². The topological polar surface area (TPSA) is 95.7 Å². The Kier molecular flexibility index (Phi) is 6.86. The molecular weight excluding hydrogens is 431 g/mol. The molecule has 4 rings (SSSR count). The van der Waals surface area contributed by atoms with Crippen LogP contribution in [-0.2, 0) is 16.1 Å². The predicted molar refractivity (Wildman–Crippen MR) is 119 cm³/mol. The van der Waals surface area contributed by atoms with E-state index < -0.39 is 11.9 Å². The molecule has 1 aliphatic carbocycles. The first-order chi connectivity index (χ1) is 15.5. The van der Waals surface area contributed by atoms with Crippen LogP contribution in [-0.4, -0.2) is 59.2 Å². The van der Waals surface area contributed by atoms with E-state index in [1.54, 1.807) is 11.3 Å². The van der Waals surface area contributed by atoms with Crippen LogP contribution in [0.5, 0.6) is 0 Å². The largest absolute Gasteiger partial charge is 0.353 e. The first-order valence-corrected chi connectivity index (χ1v) is 11.7. The molecule has 1 saturated heterocycles. The molecule has 9 heteroatoms. The van der Waals surface area contributed by atoms with Crippen molar-refractivity contribution < 1.29 is 18.8 Å². The number of likely N-dealkylation sites (tertiary alicyclic amines) is 1. The fraction of sp³-hybridized carbons (Fsp3) is 0.435. The maximum atomic E-state index is 13.3. The Morgan fingerprint density at radius 1 is 1.19 bits per heavy atom. The lowest BCUT2D eigenvalue weighted by Gasteiger charge is -2.29. The van der Waals surface area contributed by atoms with Crippen LogP contribution < -0.4 is 11.1 Å². The third-order valence-corrected chi connectivity index (χ3v) is 6.80. The SMILES string of the molecule is NCCNC(=O)C1CC(N(Cc2cccs2)C(=O)C2CC2)CN1C(=O)c1ccc(F)cc1. The van der Waals surface area contributed by atoms with E-state index in [-0.39, 0.29) is 36.2 Å². The Morgan fingerprint density at radius 2 is 1.94 bits per heavy atom. The van der Waals surface area contributed by atoms with E-state index in [0.29, 0.717) is 31.6 Å². The lowest BCUT2D eigenvalue weighted by atomic mass is 10.1. The second-order valence-corrected chi connectivity index (χ2v) is 9.30. The van der Waals surface area contributed by atoms with Gasteiger partial charge >= 0.3 is 0 Å². The van der Waals surface area contributed by atoms with Gasteiger partial charge in [-0.15, -0.1) is 11.3 Å². The molecule has 2 fully saturated rings. The summed E-state index contributed by atoms with van der Waals surface area (Å²) in [6.07, 6.45) is 2.11. The number of halogens is 1. The fourth-order valence-corrected chi connectivity index (χ4v) is 4.81. The predicted octanol–water partition coefficient (Wildman–Crippen LogP) is 1.98. The van der Waals surface area contributed by atoms with Crippen molar-refractivity contribution in [2.45, 2.75) is 37.9 Å². The van der Waals surface area contributed by atoms with Crippen molar-refractivity contribution in [3.63, 3.8) is 0 Å². The van der Waals surface area contributed by atoms with Crippen molar-refractivity contribution in [1.82, 2.24) is 15.1 Å². The Bertz CT molecular complexity index is 962. The summed E-state index contributed by atoms with van der Waals surface area (Å²) in [6.45, 7) is 1.31. The number of rotatable bonds is 8. The van der Waals surface area contributed by atoms with Crippen LogP contribution in [0.1, 0.15) is 34.5 Å². The highest BCUT2D eigenvalue weighted by Crippen LogP contribution is 2.35. The molecule has 2 aromatic rings. The zero-order chi connectivity index (χ0) is 22.7. The number of carbonyl (C=O) groups is 3. The molecule has 170 valence electrons. The highest BCUT2D eigenvalue weighted by molar-refractivity contribution is 7.09. The zero-order valence-electron chi connectivity index (χ0n) is 17.7. The summed E-state index contributed by atoms with van der Waals surface area (Å²) in [6, 6.07) is 8.22. The maximum Gasteiger partial charge on any atom is 0.254 e. The van der Waals surface area contributed by atoms with Crippen LogP contribution in [0.3, 0.4) is 0 Å². The lowest BCUT2D eigenvalue weighted by molar-refractivity contribution is -0.135. The quantitative estimate of drug-likeness (QED) is 0.632. The number of benzene rings is 1. The molecule has 1 saturated carbocycles. The molecule has 2 atom stereocenters. The molecular formula is C23H27FN4O3S. The zero-order valence-corrected chi connectivity index (χ0v) is 18.5. The lowest BCUT2D eigenvalue weighted by Crippen LogP contribution is -2.47. The third kappa shape index (κ3) is 4.99. The van der Waals surface area contributed by atoms with Crippen LogP contribution in [0.2, 0.25) is 0 Å². The average molecular weight is 459 g/mol. The summed E-state index contributed by atoms with van der Waals surface area (Å²) in [5, 5.41) is 4.74. The van der Waals surface area contributed by atoms with Gasteiger partial charge in [-0.3, -0.25) is 14.4 Å². The van der Waals surface area contributed by atoms with Gasteiger partial charge in [-0.25, -0.2) is 4.39 Å². The molecule has 7 nitrogen and oxygen atoms in total. The Hall–Kier alpha value is -2.78. The minimum absolute atomic E-state index is 0.0290. The third-order valence-electron chi connectivity index (χ3n) is 5.93. The van der Waals surface area contributed by atoms with Gasteiger partial charge in [0.15, 0.2) is 0 Å². The van der Waals surface area contributed by atoms with Crippen molar-refractivity contribution in [2.75, 3.05) is 19.6 Å². The summed E-state index contributed by atoms with van der Waals surface area (Å²) in [7, 11) is 0. The number of nitrogens with zero attached hydrogens (tertiary/aromatic N) is 2. The first-order valence-electron chi connectivity index (χ1n) is 10.8. The number of nitrogens with two attached hydrogens (primary N) is 1. The first kappa shape index (κ1) is 22.4. The number of nitrogens with one attached hydrogen (secondary N) is 1. The smallest absolute Gasteiger partial charge is 0.254 e.